The lowest BCUT2D eigenvalue weighted by Gasteiger charge is -2.44. The summed E-state index contributed by atoms with van der Waals surface area (Å²) in [5.41, 5.74) is 2.93. The van der Waals surface area contributed by atoms with E-state index in [0.717, 1.165) is 16.7 Å². The molecule has 36 heavy (non-hydrogen) atoms. The minimum Gasteiger partial charge on any atom is -0.454 e. The average Bonchev–Trinajstić information content (AvgIpc) is 2.90. The average molecular weight is 493 g/mol. The molecule has 0 aromatic heterocycles. The van der Waals surface area contributed by atoms with Crippen LogP contribution in [-0.2, 0) is 48.3 Å². The van der Waals surface area contributed by atoms with Crippen molar-refractivity contribution < 1.29 is 33.6 Å². The Kier molecular flexibility index (Phi) is 9.61. The standard InChI is InChI=1S/C29H32O7/c1-21(30)35-28-27(34-19-24-15-9-4-10-16-24)26(33-18-23-13-7-3-8-14-23)25(36-29(28)31)20-32-17-22-11-5-2-6-12-22/h2-16,25-29,31H,17-20H2,1H3/t25?,26-,27+,28?,29-/m1/s1. The molecule has 190 valence electrons. The molecule has 0 amide bonds. The largest absolute Gasteiger partial charge is 0.454 e. The van der Waals surface area contributed by atoms with E-state index in [9.17, 15) is 9.90 Å². The van der Waals surface area contributed by atoms with E-state index in [-0.39, 0.29) is 19.8 Å². The van der Waals surface area contributed by atoms with Crippen LogP contribution < -0.4 is 0 Å². The van der Waals surface area contributed by atoms with E-state index in [1.54, 1.807) is 0 Å². The van der Waals surface area contributed by atoms with E-state index < -0.39 is 36.7 Å². The summed E-state index contributed by atoms with van der Waals surface area (Å²) >= 11 is 0. The second-order valence-corrected chi connectivity index (χ2v) is 8.66. The molecule has 4 rings (SSSR count). The topological polar surface area (TPSA) is 83.5 Å². The summed E-state index contributed by atoms with van der Waals surface area (Å²) in [6, 6.07) is 29.2. The Morgan fingerprint density at radius 1 is 0.722 bits per heavy atom. The number of benzene rings is 3. The van der Waals surface area contributed by atoms with Gasteiger partial charge in [0.2, 0.25) is 0 Å². The molecule has 1 aliphatic heterocycles. The van der Waals surface area contributed by atoms with Crippen molar-refractivity contribution >= 4 is 5.97 Å². The SMILES string of the molecule is CC(=O)OC1[C@H](O)OC(COCc2ccccc2)[C@@H](OCc2ccccc2)[C@@H]1OCc1ccccc1. The first kappa shape index (κ1) is 26.0. The van der Waals surface area contributed by atoms with E-state index in [4.69, 9.17) is 23.7 Å². The molecule has 3 aromatic carbocycles. The molecular formula is C29H32O7. The first-order valence-corrected chi connectivity index (χ1v) is 12.0. The predicted octanol–water partition coefficient (Wildman–Crippen LogP) is 4.02. The number of carbonyl (C=O) groups excluding carboxylic acids is 1. The summed E-state index contributed by atoms with van der Waals surface area (Å²) in [5.74, 6) is -0.545. The van der Waals surface area contributed by atoms with Gasteiger partial charge in [-0.25, -0.2) is 0 Å². The molecule has 7 nitrogen and oxygen atoms in total. The lowest BCUT2D eigenvalue weighted by atomic mass is 9.98. The van der Waals surface area contributed by atoms with Gasteiger partial charge in [-0.2, -0.15) is 0 Å². The molecule has 0 aliphatic carbocycles. The zero-order valence-corrected chi connectivity index (χ0v) is 20.3. The third-order valence-electron chi connectivity index (χ3n) is 5.88. The zero-order valence-electron chi connectivity index (χ0n) is 20.3. The molecule has 0 saturated carbocycles. The van der Waals surface area contributed by atoms with Crippen molar-refractivity contribution in [1.82, 2.24) is 0 Å². The van der Waals surface area contributed by atoms with Crippen LogP contribution in [0.1, 0.15) is 23.6 Å². The van der Waals surface area contributed by atoms with Gasteiger partial charge >= 0.3 is 5.97 Å². The maximum absolute atomic E-state index is 11.9. The van der Waals surface area contributed by atoms with Crippen LogP contribution in [-0.4, -0.2) is 48.4 Å². The molecule has 0 radical (unpaired) electrons. The van der Waals surface area contributed by atoms with E-state index >= 15 is 0 Å². The molecular weight excluding hydrogens is 460 g/mol. The Balaban J connectivity index is 1.53. The van der Waals surface area contributed by atoms with Gasteiger partial charge in [-0.3, -0.25) is 4.79 Å². The summed E-state index contributed by atoms with van der Waals surface area (Å²) in [6.07, 6.45) is -4.56. The van der Waals surface area contributed by atoms with Gasteiger partial charge in [0.05, 0.1) is 26.4 Å². The van der Waals surface area contributed by atoms with E-state index in [1.165, 1.54) is 6.92 Å². The van der Waals surface area contributed by atoms with Crippen molar-refractivity contribution in [2.75, 3.05) is 6.61 Å². The zero-order chi connectivity index (χ0) is 25.2. The van der Waals surface area contributed by atoms with Crippen LogP contribution >= 0.6 is 0 Å². The number of esters is 1. The fourth-order valence-electron chi connectivity index (χ4n) is 4.14. The van der Waals surface area contributed by atoms with Gasteiger partial charge in [0.25, 0.3) is 0 Å². The molecule has 7 heteroatoms. The molecule has 0 bridgehead atoms. The second kappa shape index (κ2) is 13.3. The van der Waals surface area contributed by atoms with Gasteiger partial charge < -0.3 is 28.8 Å². The molecule has 1 aliphatic rings. The van der Waals surface area contributed by atoms with Crippen LogP contribution in [0, 0.1) is 0 Å². The van der Waals surface area contributed by atoms with Crippen molar-refractivity contribution in [2.24, 2.45) is 0 Å². The smallest absolute Gasteiger partial charge is 0.303 e. The molecule has 5 atom stereocenters. The van der Waals surface area contributed by atoms with Gasteiger partial charge in [-0.05, 0) is 16.7 Å². The lowest BCUT2D eigenvalue weighted by molar-refractivity contribution is -0.309. The lowest BCUT2D eigenvalue weighted by Crippen LogP contribution is -2.61. The van der Waals surface area contributed by atoms with E-state index in [2.05, 4.69) is 0 Å². The first-order valence-electron chi connectivity index (χ1n) is 12.0. The highest BCUT2D eigenvalue weighted by Crippen LogP contribution is 2.29. The summed E-state index contributed by atoms with van der Waals surface area (Å²) in [7, 11) is 0. The number of rotatable bonds is 11. The quantitative estimate of drug-likeness (QED) is 0.405. The number of carbonyl (C=O) groups is 1. The van der Waals surface area contributed by atoms with Gasteiger partial charge in [-0.1, -0.05) is 91.0 Å². The number of aliphatic hydroxyl groups excluding tert-OH is 1. The number of ether oxygens (including phenoxy) is 5. The van der Waals surface area contributed by atoms with Crippen LogP contribution in [0.5, 0.6) is 0 Å². The summed E-state index contributed by atoms with van der Waals surface area (Å²) < 4.78 is 29.8. The number of aliphatic hydroxyl groups is 1. The normalized spacial score (nSPS) is 23.8. The molecule has 0 spiro atoms. The highest BCUT2D eigenvalue weighted by atomic mass is 16.7. The molecule has 1 fully saturated rings. The number of hydrogen-bond acceptors (Lipinski definition) is 7. The molecule has 3 aromatic rings. The molecule has 1 heterocycles. The van der Waals surface area contributed by atoms with E-state index in [1.807, 2.05) is 91.0 Å². The Labute approximate surface area is 211 Å². The van der Waals surface area contributed by atoms with Crippen molar-refractivity contribution in [3.8, 4) is 0 Å². The van der Waals surface area contributed by atoms with Crippen LogP contribution in [0.15, 0.2) is 91.0 Å². The Bertz CT molecular complexity index is 1040. The van der Waals surface area contributed by atoms with Gasteiger partial charge in [-0.15, -0.1) is 0 Å². The first-order chi connectivity index (χ1) is 17.6. The monoisotopic (exact) mass is 492 g/mol. The second-order valence-electron chi connectivity index (χ2n) is 8.66. The third-order valence-corrected chi connectivity index (χ3v) is 5.88. The van der Waals surface area contributed by atoms with Gasteiger partial charge in [0.1, 0.15) is 18.3 Å². The van der Waals surface area contributed by atoms with Crippen LogP contribution in [0.4, 0.5) is 0 Å². The maximum Gasteiger partial charge on any atom is 0.303 e. The van der Waals surface area contributed by atoms with Crippen LogP contribution in [0.25, 0.3) is 0 Å². The third kappa shape index (κ3) is 7.46. The fraction of sp³-hybridized carbons (Fsp3) is 0.345. The highest BCUT2D eigenvalue weighted by molar-refractivity contribution is 5.66. The highest BCUT2D eigenvalue weighted by Gasteiger charge is 2.49. The Hall–Kier alpha value is -3.07. The Morgan fingerprint density at radius 2 is 1.19 bits per heavy atom. The van der Waals surface area contributed by atoms with Crippen molar-refractivity contribution in [2.45, 2.75) is 57.5 Å². The molecule has 1 saturated heterocycles. The fourth-order valence-corrected chi connectivity index (χ4v) is 4.14. The van der Waals surface area contributed by atoms with Crippen molar-refractivity contribution in [1.29, 1.82) is 0 Å². The maximum atomic E-state index is 11.9. The summed E-state index contributed by atoms with van der Waals surface area (Å²) in [6.45, 7) is 2.36. The van der Waals surface area contributed by atoms with E-state index in [0.29, 0.717) is 6.61 Å². The van der Waals surface area contributed by atoms with Crippen molar-refractivity contribution in [3.05, 3.63) is 108 Å². The minimum absolute atomic E-state index is 0.156. The Morgan fingerprint density at radius 3 is 1.69 bits per heavy atom. The summed E-state index contributed by atoms with van der Waals surface area (Å²) in [4.78, 5) is 11.9. The van der Waals surface area contributed by atoms with Crippen LogP contribution in [0.2, 0.25) is 0 Å². The predicted molar refractivity (Wildman–Crippen MR) is 133 cm³/mol. The molecule has 2 unspecified atom stereocenters. The molecule has 1 N–H and O–H groups in total. The number of hydrogen-bond donors (Lipinski definition) is 1. The van der Waals surface area contributed by atoms with Crippen molar-refractivity contribution in [3.63, 3.8) is 0 Å². The summed E-state index contributed by atoms with van der Waals surface area (Å²) in [5, 5.41) is 10.8. The van der Waals surface area contributed by atoms with Gasteiger partial charge in [0.15, 0.2) is 12.4 Å². The minimum atomic E-state index is -1.39. The van der Waals surface area contributed by atoms with Gasteiger partial charge in [0, 0.05) is 6.92 Å². The van der Waals surface area contributed by atoms with Crippen LogP contribution in [0.3, 0.4) is 0 Å².